The lowest BCUT2D eigenvalue weighted by Crippen LogP contribution is -2.33. The van der Waals surface area contributed by atoms with Crippen LogP contribution in [0.15, 0.2) is 60.8 Å². The fraction of sp³-hybridized carbons (Fsp3) is 0.258. The van der Waals surface area contributed by atoms with E-state index in [1.165, 1.54) is 12.1 Å². The van der Waals surface area contributed by atoms with Crippen LogP contribution in [0.25, 0.3) is 22.1 Å². The van der Waals surface area contributed by atoms with Crippen LogP contribution < -0.4 is 0 Å². The molecular formula is C31H26FN7O2. The SMILES string of the molecule is N#CCn1c(CN2CCC(c3ccc4ccn(Cc5ccc(C#N)cc5F)c4n3)CC2)nc2ccc(C(=O)O)cc21. The monoisotopic (exact) mass is 547 g/mol. The van der Waals surface area contributed by atoms with Gasteiger partial charge >= 0.3 is 5.97 Å². The zero-order chi connectivity index (χ0) is 28.5. The minimum Gasteiger partial charge on any atom is -0.478 e. The van der Waals surface area contributed by atoms with E-state index >= 15 is 0 Å². The molecule has 41 heavy (non-hydrogen) atoms. The Morgan fingerprint density at radius 1 is 1.02 bits per heavy atom. The Morgan fingerprint density at radius 2 is 1.85 bits per heavy atom. The number of pyridine rings is 1. The predicted octanol–water partition coefficient (Wildman–Crippen LogP) is 5.05. The number of piperidine rings is 1. The summed E-state index contributed by atoms with van der Waals surface area (Å²) in [5.74, 6) is -0.391. The van der Waals surface area contributed by atoms with Crippen LogP contribution in [0.3, 0.4) is 0 Å². The largest absolute Gasteiger partial charge is 0.478 e. The highest BCUT2D eigenvalue weighted by molar-refractivity contribution is 5.92. The van der Waals surface area contributed by atoms with E-state index < -0.39 is 11.8 Å². The molecule has 0 saturated carbocycles. The first-order valence-electron chi connectivity index (χ1n) is 13.4. The summed E-state index contributed by atoms with van der Waals surface area (Å²) in [5.41, 5.74) is 4.11. The van der Waals surface area contributed by atoms with Crippen molar-refractivity contribution in [2.45, 2.75) is 38.4 Å². The molecule has 0 amide bonds. The van der Waals surface area contributed by atoms with Crippen molar-refractivity contribution < 1.29 is 14.3 Å². The normalized spacial score (nSPS) is 14.3. The van der Waals surface area contributed by atoms with Crippen LogP contribution in [0, 0.1) is 28.5 Å². The average Bonchev–Trinajstić information content (AvgIpc) is 3.54. The Labute approximate surface area is 235 Å². The minimum atomic E-state index is -1.01. The Morgan fingerprint density at radius 3 is 2.59 bits per heavy atom. The molecule has 0 spiro atoms. The van der Waals surface area contributed by atoms with Crippen molar-refractivity contribution in [2.24, 2.45) is 0 Å². The number of halogens is 1. The topological polar surface area (TPSA) is 124 Å². The van der Waals surface area contributed by atoms with E-state index in [9.17, 15) is 19.6 Å². The lowest BCUT2D eigenvalue weighted by atomic mass is 9.93. The molecule has 204 valence electrons. The Bertz CT molecular complexity index is 1870. The number of aromatic carboxylic acids is 1. The zero-order valence-corrected chi connectivity index (χ0v) is 22.2. The molecule has 1 N–H and O–H groups in total. The number of benzene rings is 2. The van der Waals surface area contributed by atoms with Gasteiger partial charge in [-0.15, -0.1) is 0 Å². The molecule has 2 aromatic carbocycles. The molecule has 6 rings (SSSR count). The van der Waals surface area contributed by atoms with Gasteiger partial charge in [-0.25, -0.2) is 19.2 Å². The standard InChI is InChI=1S/C31H26FN7O2/c32-25-15-20(17-34)1-2-24(25)18-38-13-9-22-3-5-26(36-30(22)38)21-7-11-37(12-8-21)19-29-35-27-6-4-23(31(40)41)16-28(27)39(29)14-10-33/h1-6,9,13,15-16,21H,7-8,11-12,14,18-19H2,(H,40,41). The van der Waals surface area contributed by atoms with Crippen LogP contribution in [-0.2, 0) is 19.6 Å². The van der Waals surface area contributed by atoms with Crippen molar-refractivity contribution in [2.75, 3.05) is 13.1 Å². The molecule has 0 unspecified atom stereocenters. The highest BCUT2D eigenvalue weighted by Gasteiger charge is 2.24. The van der Waals surface area contributed by atoms with Gasteiger partial charge in [0.25, 0.3) is 0 Å². The van der Waals surface area contributed by atoms with Crippen LogP contribution in [0.2, 0.25) is 0 Å². The second-order valence-electron chi connectivity index (χ2n) is 10.3. The molecule has 10 heteroatoms. The van der Waals surface area contributed by atoms with Crippen LogP contribution >= 0.6 is 0 Å². The molecule has 4 heterocycles. The first kappa shape index (κ1) is 26.2. The third-order valence-electron chi connectivity index (χ3n) is 7.83. The smallest absolute Gasteiger partial charge is 0.335 e. The van der Waals surface area contributed by atoms with Crippen molar-refractivity contribution in [3.63, 3.8) is 0 Å². The van der Waals surface area contributed by atoms with Crippen molar-refractivity contribution in [1.82, 2.24) is 24.0 Å². The number of carbonyl (C=O) groups is 1. The van der Waals surface area contributed by atoms with Gasteiger partial charge in [0, 0.05) is 28.8 Å². The van der Waals surface area contributed by atoms with E-state index in [0.29, 0.717) is 35.2 Å². The van der Waals surface area contributed by atoms with E-state index in [1.807, 2.05) is 22.9 Å². The molecule has 0 aliphatic carbocycles. The van der Waals surface area contributed by atoms with E-state index in [1.54, 1.807) is 28.8 Å². The highest BCUT2D eigenvalue weighted by atomic mass is 19.1. The highest BCUT2D eigenvalue weighted by Crippen LogP contribution is 2.30. The molecule has 0 radical (unpaired) electrons. The number of imidazole rings is 1. The summed E-state index contributed by atoms with van der Waals surface area (Å²) in [7, 11) is 0. The number of carboxylic acid groups (broad SMARTS) is 1. The van der Waals surface area contributed by atoms with Crippen molar-refractivity contribution in [3.05, 3.63) is 94.8 Å². The maximum Gasteiger partial charge on any atom is 0.335 e. The molecule has 9 nitrogen and oxygen atoms in total. The fourth-order valence-corrected chi connectivity index (χ4v) is 5.62. The first-order chi connectivity index (χ1) is 19.9. The van der Waals surface area contributed by atoms with Crippen molar-refractivity contribution in [3.8, 4) is 12.1 Å². The van der Waals surface area contributed by atoms with Crippen molar-refractivity contribution in [1.29, 1.82) is 10.5 Å². The second kappa shape index (κ2) is 10.8. The number of nitrogens with zero attached hydrogens (tertiary/aromatic N) is 7. The summed E-state index contributed by atoms with van der Waals surface area (Å²) < 4.78 is 18.3. The molecule has 0 atom stereocenters. The Hall–Kier alpha value is -5.06. The summed E-state index contributed by atoms with van der Waals surface area (Å²) in [6.07, 6.45) is 3.73. The number of nitriles is 2. The molecule has 0 bridgehead atoms. The lowest BCUT2D eigenvalue weighted by Gasteiger charge is -2.31. The second-order valence-corrected chi connectivity index (χ2v) is 10.3. The summed E-state index contributed by atoms with van der Waals surface area (Å²) in [6.45, 7) is 2.65. The van der Waals surface area contributed by atoms with Crippen LogP contribution in [0.5, 0.6) is 0 Å². The van der Waals surface area contributed by atoms with Crippen molar-refractivity contribution >= 4 is 28.0 Å². The minimum absolute atomic E-state index is 0.0985. The molecule has 3 aromatic heterocycles. The van der Waals surface area contributed by atoms with E-state index in [4.69, 9.17) is 15.2 Å². The van der Waals surface area contributed by atoms with Gasteiger partial charge in [0.05, 0.1) is 47.4 Å². The number of hydrogen-bond acceptors (Lipinski definition) is 6. The van der Waals surface area contributed by atoms with E-state index in [-0.39, 0.29) is 18.0 Å². The summed E-state index contributed by atoms with van der Waals surface area (Å²) in [4.78, 5) is 23.4. The van der Waals surface area contributed by atoms with Gasteiger partial charge in [-0.1, -0.05) is 6.07 Å². The van der Waals surface area contributed by atoms with Crippen LogP contribution in [0.1, 0.15) is 51.8 Å². The number of aromatic nitrogens is 4. The van der Waals surface area contributed by atoms with Gasteiger partial charge < -0.3 is 14.2 Å². The van der Waals surface area contributed by atoms with Gasteiger partial charge in [0.1, 0.15) is 23.8 Å². The van der Waals surface area contributed by atoms with Gasteiger partial charge in [0.15, 0.2) is 0 Å². The molecule has 1 aliphatic heterocycles. The quantitative estimate of drug-likeness (QED) is 0.303. The maximum atomic E-state index is 14.5. The lowest BCUT2D eigenvalue weighted by molar-refractivity contribution is 0.0697. The summed E-state index contributed by atoms with van der Waals surface area (Å²) >= 11 is 0. The van der Waals surface area contributed by atoms with Gasteiger partial charge in [-0.3, -0.25) is 4.90 Å². The van der Waals surface area contributed by atoms with Gasteiger partial charge in [-0.05, 0) is 74.5 Å². The Kier molecular flexibility index (Phi) is 6.92. The maximum absolute atomic E-state index is 14.5. The number of rotatable bonds is 7. The molecule has 5 aromatic rings. The summed E-state index contributed by atoms with van der Waals surface area (Å²) in [6, 6.07) is 19.6. The summed E-state index contributed by atoms with van der Waals surface area (Å²) in [5, 5.41) is 28.8. The first-order valence-corrected chi connectivity index (χ1v) is 13.4. The third-order valence-corrected chi connectivity index (χ3v) is 7.83. The third kappa shape index (κ3) is 5.13. The number of fused-ring (bicyclic) bond motifs is 2. The van der Waals surface area contributed by atoms with E-state index in [2.05, 4.69) is 23.1 Å². The van der Waals surface area contributed by atoms with Crippen LogP contribution in [0.4, 0.5) is 4.39 Å². The Balaban J connectivity index is 1.17. The van der Waals surface area contributed by atoms with Gasteiger partial charge in [-0.2, -0.15) is 10.5 Å². The van der Waals surface area contributed by atoms with E-state index in [0.717, 1.165) is 48.5 Å². The van der Waals surface area contributed by atoms with Gasteiger partial charge in [0.2, 0.25) is 0 Å². The number of likely N-dealkylation sites (tertiary alicyclic amines) is 1. The molecule has 1 fully saturated rings. The zero-order valence-electron chi connectivity index (χ0n) is 22.2. The fourth-order valence-electron chi connectivity index (χ4n) is 5.62. The number of hydrogen-bond donors (Lipinski definition) is 1. The molecule has 1 saturated heterocycles. The molecule has 1 aliphatic rings. The molecular weight excluding hydrogens is 521 g/mol. The average molecular weight is 548 g/mol. The predicted molar refractivity (Wildman–Crippen MR) is 150 cm³/mol. The van der Waals surface area contributed by atoms with Crippen LogP contribution in [-0.4, -0.2) is 48.2 Å². The number of carboxylic acids is 1.